The maximum atomic E-state index is 12.2. The third-order valence-electron chi connectivity index (χ3n) is 3.77. The third kappa shape index (κ3) is 4.54. The van der Waals surface area contributed by atoms with Crippen molar-refractivity contribution >= 4 is 15.7 Å². The molecular formula is C15H22N2O3S. The van der Waals surface area contributed by atoms with E-state index in [4.69, 9.17) is 0 Å². The van der Waals surface area contributed by atoms with Crippen LogP contribution in [0.5, 0.6) is 0 Å². The standard InChI is InChI=1S/C15H22N2O3S/c1-21(19,20)14-7-3-2-6-13(14)15(18)17-10-8-12-5-4-9-16-11-12/h2-3,6-7,12,16H,4-5,8-11H2,1H3,(H,17,18). The minimum Gasteiger partial charge on any atom is -0.352 e. The number of piperidine rings is 1. The number of amides is 1. The highest BCUT2D eigenvalue weighted by atomic mass is 32.2. The highest BCUT2D eigenvalue weighted by Crippen LogP contribution is 2.16. The molecule has 1 atom stereocenters. The van der Waals surface area contributed by atoms with E-state index in [9.17, 15) is 13.2 Å². The Balaban J connectivity index is 1.94. The van der Waals surface area contributed by atoms with Gasteiger partial charge in [-0.25, -0.2) is 8.42 Å². The van der Waals surface area contributed by atoms with Gasteiger partial charge < -0.3 is 10.6 Å². The highest BCUT2D eigenvalue weighted by Gasteiger charge is 2.18. The first-order valence-corrected chi connectivity index (χ1v) is 9.15. The fourth-order valence-corrected chi connectivity index (χ4v) is 3.52. The van der Waals surface area contributed by atoms with Crippen LogP contribution in [0.25, 0.3) is 0 Å². The van der Waals surface area contributed by atoms with Crippen LogP contribution < -0.4 is 10.6 Å². The van der Waals surface area contributed by atoms with Crippen LogP contribution in [0, 0.1) is 5.92 Å². The smallest absolute Gasteiger partial charge is 0.252 e. The molecule has 1 aliphatic rings. The summed E-state index contributed by atoms with van der Waals surface area (Å²) in [5, 5.41) is 6.17. The molecule has 0 saturated carbocycles. The largest absolute Gasteiger partial charge is 0.352 e. The van der Waals surface area contributed by atoms with E-state index in [1.165, 1.54) is 18.9 Å². The quantitative estimate of drug-likeness (QED) is 0.857. The van der Waals surface area contributed by atoms with Crippen molar-refractivity contribution in [1.29, 1.82) is 0 Å². The molecule has 0 aliphatic carbocycles. The number of hydrogen-bond donors (Lipinski definition) is 2. The first-order chi connectivity index (χ1) is 9.98. The molecule has 116 valence electrons. The van der Waals surface area contributed by atoms with Crippen molar-refractivity contribution in [3.63, 3.8) is 0 Å². The Labute approximate surface area is 126 Å². The van der Waals surface area contributed by atoms with Gasteiger partial charge in [0, 0.05) is 12.8 Å². The van der Waals surface area contributed by atoms with Crippen molar-refractivity contribution in [2.24, 2.45) is 5.92 Å². The summed E-state index contributed by atoms with van der Waals surface area (Å²) in [5.74, 6) is 0.268. The van der Waals surface area contributed by atoms with Gasteiger partial charge in [-0.05, 0) is 50.4 Å². The molecule has 1 aromatic carbocycles. The van der Waals surface area contributed by atoms with Gasteiger partial charge in [-0.3, -0.25) is 4.79 Å². The molecule has 1 saturated heterocycles. The summed E-state index contributed by atoms with van der Waals surface area (Å²) in [4.78, 5) is 12.2. The Morgan fingerprint density at radius 2 is 2.14 bits per heavy atom. The van der Waals surface area contributed by atoms with E-state index in [1.807, 2.05) is 0 Å². The zero-order valence-electron chi connectivity index (χ0n) is 12.3. The van der Waals surface area contributed by atoms with Crippen LogP contribution in [-0.4, -0.2) is 40.2 Å². The lowest BCUT2D eigenvalue weighted by molar-refractivity contribution is 0.0947. The topological polar surface area (TPSA) is 75.3 Å². The second-order valence-corrected chi connectivity index (χ2v) is 7.51. The monoisotopic (exact) mass is 310 g/mol. The summed E-state index contributed by atoms with van der Waals surface area (Å²) in [7, 11) is -3.39. The minimum atomic E-state index is -3.39. The summed E-state index contributed by atoms with van der Waals surface area (Å²) in [6.45, 7) is 2.64. The average molecular weight is 310 g/mol. The van der Waals surface area contributed by atoms with Gasteiger partial charge in [0.15, 0.2) is 9.84 Å². The van der Waals surface area contributed by atoms with E-state index in [0.717, 1.165) is 25.8 Å². The van der Waals surface area contributed by atoms with Crippen LogP contribution in [0.3, 0.4) is 0 Å². The van der Waals surface area contributed by atoms with Gasteiger partial charge in [0.25, 0.3) is 5.91 Å². The lowest BCUT2D eigenvalue weighted by atomic mass is 9.96. The molecule has 0 spiro atoms. The minimum absolute atomic E-state index is 0.0850. The predicted octanol–water partition coefficient (Wildman–Crippen LogP) is 1.21. The molecule has 1 unspecified atom stereocenters. The van der Waals surface area contributed by atoms with E-state index >= 15 is 0 Å². The molecule has 0 radical (unpaired) electrons. The van der Waals surface area contributed by atoms with Crippen LogP contribution in [0.15, 0.2) is 29.2 Å². The summed E-state index contributed by atoms with van der Waals surface area (Å²) in [6.07, 6.45) is 4.39. The maximum Gasteiger partial charge on any atom is 0.252 e. The van der Waals surface area contributed by atoms with Crippen molar-refractivity contribution in [1.82, 2.24) is 10.6 Å². The normalized spacial score (nSPS) is 19.2. The van der Waals surface area contributed by atoms with Crippen LogP contribution >= 0.6 is 0 Å². The van der Waals surface area contributed by atoms with Crippen LogP contribution in [-0.2, 0) is 9.84 Å². The Morgan fingerprint density at radius 1 is 1.38 bits per heavy atom. The van der Waals surface area contributed by atoms with E-state index in [-0.39, 0.29) is 16.4 Å². The fraction of sp³-hybridized carbons (Fsp3) is 0.533. The number of benzene rings is 1. The molecule has 6 heteroatoms. The number of sulfone groups is 1. The molecule has 1 amide bonds. The molecule has 5 nitrogen and oxygen atoms in total. The van der Waals surface area contributed by atoms with Gasteiger partial charge in [0.2, 0.25) is 0 Å². The SMILES string of the molecule is CS(=O)(=O)c1ccccc1C(=O)NCCC1CCCNC1. The first-order valence-electron chi connectivity index (χ1n) is 7.26. The molecule has 2 N–H and O–H groups in total. The molecule has 1 fully saturated rings. The van der Waals surface area contributed by atoms with Crippen molar-refractivity contribution in [3.05, 3.63) is 29.8 Å². The molecule has 2 rings (SSSR count). The second-order valence-electron chi connectivity index (χ2n) is 5.53. The Morgan fingerprint density at radius 3 is 2.81 bits per heavy atom. The van der Waals surface area contributed by atoms with E-state index < -0.39 is 9.84 Å². The second kappa shape index (κ2) is 7.04. The molecule has 1 heterocycles. The van der Waals surface area contributed by atoms with Gasteiger partial charge >= 0.3 is 0 Å². The van der Waals surface area contributed by atoms with Gasteiger partial charge in [0.1, 0.15) is 0 Å². The van der Waals surface area contributed by atoms with Crippen LogP contribution in [0.2, 0.25) is 0 Å². The number of hydrogen-bond acceptors (Lipinski definition) is 4. The zero-order valence-corrected chi connectivity index (χ0v) is 13.1. The lowest BCUT2D eigenvalue weighted by Crippen LogP contribution is -2.33. The van der Waals surface area contributed by atoms with E-state index in [1.54, 1.807) is 18.2 Å². The Hall–Kier alpha value is -1.40. The highest BCUT2D eigenvalue weighted by molar-refractivity contribution is 7.90. The summed E-state index contributed by atoms with van der Waals surface area (Å²) in [5.41, 5.74) is 0.224. The molecule has 0 bridgehead atoms. The molecule has 1 aliphatic heterocycles. The zero-order chi connectivity index (χ0) is 15.3. The fourth-order valence-electron chi connectivity index (χ4n) is 2.63. The van der Waals surface area contributed by atoms with Gasteiger partial charge in [-0.2, -0.15) is 0 Å². The molecule has 0 aromatic heterocycles. The molecule has 21 heavy (non-hydrogen) atoms. The van der Waals surface area contributed by atoms with E-state index in [2.05, 4.69) is 10.6 Å². The summed E-state index contributed by atoms with van der Waals surface area (Å²) < 4.78 is 23.4. The third-order valence-corrected chi connectivity index (χ3v) is 4.92. The van der Waals surface area contributed by atoms with Crippen molar-refractivity contribution in [3.8, 4) is 0 Å². The number of nitrogens with one attached hydrogen (secondary N) is 2. The van der Waals surface area contributed by atoms with Crippen LogP contribution in [0.1, 0.15) is 29.6 Å². The Kier molecular flexibility index (Phi) is 5.36. The summed E-state index contributed by atoms with van der Waals surface area (Å²) >= 11 is 0. The average Bonchev–Trinajstić information content (AvgIpc) is 2.47. The molecular weight excluding hydrogens is 288 g/mol. The van der Waals surface area contributed by atoms with Crippen LogP contribution in [0.4, 0.5) is 0 Å². The Bertz CT molecular complexity index is 593. The van der Waals surface area contributed by atoms with Crippen molar-refractivity contribution in [2.45, 2.75) is 24.2 Å². The molecule has 1 aromatic rings. The number of carbonyl (C=O) groups is 1. The summed E-state index contributed by atoms with van der Waals surface area (Å²) in [6, 6.07) is 6.32. The van der Waals surface area contributed by atoms with Gasteiger partial charge in [-0.1, -0.05) is 12.1 Å². The van der Waals surface area contributed by atoms with Gasteiger partial charge in [-0.15, -0.1) is 0 Å². The first kappa shape index (κ1) is 16.0. The number of rotatable bonds is 5. The van der Waals surface area contributed by atoms with Crippen molar-refractivity contribution in [2.75, 3.05) is 25.9 Å². The maximum absolute atomic E-state index is 12.2. The van der Waals surface area contributed by atoms with Gasteiger partial charge in [0.05, 0.1) is 10.5 Å². The van der Waals surface area contributed by atoms with E-state index in [0.29, 0.717) is 12.5 Å². The van der Waals surface area contributed by atoms with Crippen molar-refractivity contribution < 1.29 is 13.2 Å². The lowest BCUT2D eigenvalue weighted by Gasteiger charge is -2.22. The number of carbonyl (C=O) groups excluding carboxylic acids is 1. The predicted molar refractivity (Wildman–Crippen MR) is 82.1 cm³/mol.